The molecule has 34 heavy (non-hydrogen) atoms. The van der Waals surface area contributed by atoms with Crippen molar-refractivity contribution in [2.75, 3.05) is 25.1 Å². The molecule has 2 atom stereocenters. The van der Waals surface area contributed by atoms with Crippen molar-refractivity contribution in [3.63, 3.8) is 0 Å². The molecular weight excluding hydrogens is 471 g/mol. The number of anilines is 1. The van der Waals surface area contributed by atoms with Gasteiger partial charge in [0.05, 0.1) is 6.42 Å². The van der Waals surface area contributed by atoms with E-state index in [1.165, 1.54) is 36.6 Å². The van der Waals surface area contributed by atoms with Gasteiger partial charge >= 0.3 is 6.36 Å². The Bertz CT molecular complexity index is 1110. The zero-order valence-electron chi connectivity index (χ0n) is 18.2. The lowest BCUT2D eigenvalue weighted by atomic mass is 10.0. The second-order valence-corrected chi connectivity index (χ2v) is 9.00. The number of ether oxygens (including phenoxy) is 2. The second kappa shape index (κ2) is 10.4. The first-order valence-electron chi connectivity index (χ1n) is 10.6. The van der Waals surface area contributed by atoms with Gasteiger partial charge in [0.1, 0.15) is 21.9 Å². The van der Waals surface area contributed by atoms with Crippen molar-refractivity contribution in [1.82, 2.24) is 20.4 Å². The molecule has 12 heteroatoms. The minimum atomic E-state index is -4.82. The van der Waals surface area contributed by atoms with Crippen LogP contribution in [0.2, 0.25) is 0 Å². The number of halogens is 3. The summed E-state index contributed by atoms with van der Waals surface area (Å²) in [7, 11) is 1.33. The molecule has 180 valence electrons. The summed E-state index contributed by atoms with van der Waals surface area (Å²) < 4.78 is 46.8. The number of nitrogens with zero attached hydrogens (tertiary/aromatic N) is 5. The van der Waals surface area contributed by atoms with Crippen LogP contribution < -0.4 is 9.64 Å². The molecule has 0 saturated carbocycles. The van der Waals surface area contributed by atoms with Gasteiger partial charge in [-0.25, -0.2) is 0 Å². The number of Topliss-reactive ketones (excluding diaryl/α,β-unsaturated/α-hetero) is 1. The largest absolute Gasteiger partial charge is 0.573 e. The fourth-order valence-corrected chi connectivity index (χ4v) is 4.90. The SMILES string of the molecule is CO[C@H](C(=O)Cc1nnc(C[C@@H]2CCN(c3cccnn3)C2)s1)c1cccc(OC(F)(F)F)c1. The smallest absolute Gasteiger partial charge is 0.406 e. The van der Waals surface area contributed by atoms with Crippen molar-refractivity contribution in [2.45, 2.75) is 31.7 Å². The van der Waals surface area contributed by atoms with Crippen LogP contribution in [0.3, 0.4) is 0 Å². The Kier molecular flexibility index (Phi) is 7.37. The van der Waals surface area contributed by atoms with E-state index in [4.69, 9.17) is 4.74 Å². The molecule has 4 rings (SSSR count). The third-order valence-corrected chi connectivity index (χ3v) is 6.33. The Labute approximate surface area is 197 Å². The van der Waals surface area contributed by atoms with Gasteiger partial charge in [-0.3, -0.25) is 4.79 Å². The summed E-state index contributed by atoms with van der Waals surface area (Å²) in [6.07, 6.45) is -2.52. The molecule has 1 aliphatic heterocycles. The molecule has 1 aromatic carbocycles. The van der Waals surface area contributed by atoms with E-state index in [0.717, 1.165) is 42.8 Å². The van der Waals surface area contributed by atoms with Crippen LogP contribution in [0.25, 0.3) is 0 Å². The lowest BCUT2D eigenvalue weighted by molar-refractivity contribution is -0.274. The van der Waals surface area contributed by atoms with Crippen LogP contribution in [-0.4, -0.2) is 52.7 Å². The topological polar surface area (TPSA) is 90.3 Å². The average Bonchev–Trinajstić information content (AvgIpc) is 3.44. The summed E-state index contributed by atoms with van der Waals surface area (Å²) in [5.74, 6) is 0.500. The van der Waals surface area contributed by atoms with Gasteiger partial charge in [0.25, 0.3) is 0 Å². The lowest BCUT2D eigenvalue weighted by Gasteiger charge is -2.16. The van der Waals surface area contributed by atoms with Crippen molar-refractivity contribution < 1.29 is 27.4 Å². The molecule has 2 aromatic heterocycles. The molecule has 1 aliphatic rings. The molecule has 1 saturated heterocycles. The number of carbonyl (C=O) groups excluding carboxylic acids is 1. The summed E-state index contributed by atoms with van der Waals surface area (Å²) in [6, 6.07) is 9.00. The molecule has 0 amide bonds. The van der Waals surface area contributed by atoms with Crippen molar-refractivity contribution in [3.05, 3.63) is 58.2 Å². The standard InChI is InChI=1S/C22H22F3N5O3S/c1-32-21(15-4-2-5-16(11-15)33-22(23,24)25)17(31)12-20-29-28-19(34-20)10-14-7-9-30(13-14)18-6-3-8-26-27-18/h2-6,8,11,14,21H,7,9-10,12-13H2,1H3/t14-,21-/m0/s1. The highest BCUT2D eigenvalue weighted by molar-refractivity contribution is 7.11. The minimum absolute atomic E-state index is 0.0308. The van der Waals surface area contributed by atoms with Crippen molar-refractivity contribution in [3.8, 4) is 5.75 Å². The Morgan fingerprint density at radius 3 is 2.76 bits per heavy atom. The van der Waals surface area contributed by atoms with Gasteiger partial charge in [-0.05, 0) is 42.2 Å². The van der Waals surface area contributed by atoms with Crippen molar-refractivity contribution >= 4 is 22.9 Å². The van der Waals surface area contributed by atoms with Crippen molar-refractivity contribution in [1.29, 1.82) is 0 Å². The number of aromatic nitrogens is 4. The van der Waals surface area contributed by atoms with Crippen LogP contribution in [0, 0.1) is 5.92 Å². The van der Waals surface area contributed by atoms with E-state index in [9.17, 15) is 18.0 Å². The summed E-state index contributed by atoms with van der Waals surface area (Å²) in [6.45, 7) is 1.73. The average molecular weight is 494 g/mol. The van der Waals surface area contributed by atoms with Crippen molar-refractivity contribution in [2.24, 2.45) is 5.92 Å². The van der Waals surface area contributed by atoms with E-state index >= 15 is 0 Å². The van der Waals surface area contributed by atoms with Crippen LogP contribution >= 0.6 is 11.3 Å². The highest BCUT2D eigenvalue weighted by atomic mass is 32.1. The Morgan fingerprint density at radius 1 is 1.21 bits per heavy atom. The van der Waals surface area contributed by atoms with Gasteiger partial charge in [-0.1, -0.05) is 12.1 Å². The fourth-order valence-electron chi connectivity index (χ4n) is 3.93. The maximum Gasteiger partial charge on any atom is 0.573 e. The summed E-state index contributed by atoms with van der Waals surface area (Å²) in [4.78, 5) is 15.0. The maximum absolute atomic E-state index is 12.8. The summed E-state index contributed by atoms with van der Waals surface area (Å²) >= 11 is 1.36. The molecule has 0 N–H and O–H groups in total. The second-order valence-electron chi connectivity index (χ2n) is 7.86. The number of alkyl halides is 3. The zero-order chi connectivity index (χ0) is 24.1. The molecule has 3 heterocycles. The van der Waals surface area contributed by atoms with Gasteiger partial charge in [0, 0.05) is 32.8 Å². The molecule has 0 radical (unpaired) electrons. The number of rotatable bonds is 9. The monoisotopic (exact) mass is 493 g/mol. The first-order chi connectivity index (χ1) is 16.3. The number of benzene rings is 1. The number of hydrogen-bond acceptors (Lipinski definition) is 9. The molecule has 0 unspecified atom stereocenters. The van der Waals surface area contributed by atoms with Crippen LogP contribution in [0.5, 0.6) is 5.75 Å². The van der Waals surface area contributed by atoms with Gasteiger partial charge in [-0.2, -0.15) is 5.10 Å². The van der Waals surface area contributed by atoms with E-state index in [2.05, 4.69) is 30.0 Å². The first kappa shape index (κ1) is 24.0. The predicted molar refractivity (Wildman–Crippen MR) is 118 cm³/mol. The van der Waals surface area contributed by atoms with E-state index in [1.54, 1.807) is 6.20 Å². The Balaban J connectivity index is 1.35. The fraction of sp³-hybridized carbons (Fsp3) is 0.409. The zero-order valence-corrected chi connectivity index (χ0v) is 19.1. The highest BCUT2D eigenvalue weighted by Gasteiger charge is 2.32. The van der Waals surface area contributed by atoms with Crippen LogP contribution in [0.15, 0.2) is 42.6 Å². The highest BCUT2D eigenvalue weighted by Crippen LogP contribution is 2.29. The lowest BCUT2D eigenvalue weighted by Crippen LogP contribution is -2.21. The van der Waals surface area contributed by atoms with Gasteiger partial charge in [-0.15, -0.1) is 39.8 Å². The quantitative estimate of drug-likeness (QED) is 0.445. The Morgan fingerprint density at radius 2 is 2.03 bits per heavy atom. The first-order valence-corrected chi connectivity index (χ1v) is 11.4. The molecule has 1 fully saturated rings. The normalized spacial score (nSPS) is 17.1. The van der Waals surface area contributed by atoms with E-state index in [-0.39, 0.29) is 17.8 Å². The number of methoxy groups -OCH3 is 1. The van der Waals surface area contributed by atoms with Gasteiger partial charge in [0.15, 0.2) is 11.6 Å². The molecule has 0 aliphatic carbocycles. The minimum Gasteiger partial charge on any atom is -0.406 e. The number of ketones is 1. The van der Waals surface area contributed by atoms with Crippen LogP contribution in [-0.2, 0) is 22.4 Å². The molecule has 0 bridgehead atoms. The Hall–Kier alpha value is -3.12. The molecule has 0 spiro atoms. The van der Waals surface area contributed by atoms with Gasteiger partial charge in [0.2, 0.25) is 0 Å². The third-order valence-electron chi connectivity index (χ3n) is 5.39. The molecular formula is C22H22F3N5O3S. The van der Waals surface area contributed by atoms with Crippen LogP contribution in [0.1, 0.15) is 28.1 Å². The summed E-state index contributed by atoms with van der Waals surface area (Å²) in [5.41, 5.74) is 0.272. The maximum atomic E-state index is 12.8. The summed E-state index contributed by atoms with van der Waals surface area (Å²) in [5, 5.41) is 17.8. The number of carbonyl (C=O) groups is 1. The van der Waals surface area contributed by atoms with Gasteiger partial charge < -0.3 is 14.4 Å². The molecule has 8 nitrogen and oxygen atoms in total. The van der Waals surface area contributed by atoms with E-state index < -0.39 is 18.2 Å². The van der Waals surface area contributed by atoms with E-state index in [0.29, 0.717) is 10.9 Å². The number of hydrogen-bond donors (Lipinski definition) is 0. The molecule has 3 aromatic rings. The van der Waals surface area contributed by atoms with Crippen LogP contribution in [0.4, 0.5) is 19.0 Å². The predicted octanol–water partition coefficient (Wildman–Crippen LogP) is 3.80. The van der Waals surface area contributed by atoms with E-state index in [1.807, 2.05) is 12.1 Å². The third kappa shape index (κ3) is 6.26.